The fraction of sp³-hybridized carbons (Fsp3) is 0.300. The monoisotopic (exact) mass is 323 g/mol. The quantitative estimate of drug-likeness (QED) is 0.850. The fourth-order valence-electron chi connectivity index (χ4n) is 3.39. The molecule has 4 nitrogen and oxygen atoms in total. The van der Waals surface area contributed by atoms with Crippen LogP contribution in [0.15, 0.2) is 48.5 Å². The highest BCUT2D eigenvalue weighted by Gasteiger charge is 2.34. The van der Waals surface area contributed by atoms with Crippen LogP contribution in [-0.2, 0) is 12.0 Å². The minimum atomic E-state index is -1.06. The van der Waals surface area contributed by atoms with Crippen LogP contribution in [0.4, 0.5) is 0 Å². The molecule has 0 spiro atoms. The number of amides is 1. The number of nitrogens with one attached hydrogen (secondary N) is 1. The number of ketones is 1. The third-order valence-electron chi connectivity index (χ3n) is 4.65. The van der Waals surface area contributed by atoms with Gasteiger partial charge in [0.2, 0.25) is 0 Å². The van der Waals surface area contributed by atoms with E-state index in [1.165, 1.54) is 6.92 Å². The van der Waals surface area contributed by atoms with Crippen molar-refractivity contribution in [1.29, 1.82) is 0 Å². The summed E-state index contributed by atoms with van der Waals surface area (Å²) >= 11 is 0. The summed E-state index contributed by atoms with van der Waals surface area (Å²) in [7, 11) is 0. The van der Waals surface area contributed by atoms with Gasteiger partial charge in [0.25, 0.3) is 5.91 Å². The van der Waals surface area contributed by atoms with Crippen LogP contribution in [0.5, 0.6) is 0 Å². The van der Waals surface area contributed by atoms with Crippen molar-refractivity contribution in [3.8, 4) is 0 Å². The molecule has 2 aromatic rings. The second kappa shape index (κ2) is 6.57. The predicted molar refractivity (Wildman–Crippen MR) is 92.1 cm³/mol. The van der Waals surface area contributed by atoms with Crippen LogP contribution < -0.4 is 5.32 Å². The molecule has 0 radical (unpaired) electrons. The number of hydrogen-bond acceptors (Lipinski definition) is 3. The topological polar surface area (TPSA) is 66.4 Å². The van der Waals surface area contributed by atoms with E-state index in [0.29, 0.717) is 17.5 Å². The number of benzene rings is 2. The van der Waals surface area contributed by atoms with E-state index in [1.807, 2.05) is 24.3 Å². The van der Waals surface area contributed by atoms with Gasteiger partial charge >= 0.3 is 0 Å². The van der Waals surface area contributed by atoms with Gasteiger partial charge in [-0.2, -0.15) is 0 Å². The first-order valence-electron chi connectivity index (χ1n) is 8.20. The lowest BCUT2D eigenvalue weighted by atomic mass is 9.79. The molecule has 0 aromatic heterocycles. The number of aryl methyl sites for hydroxylation is 1. The van der Waals surface area contributed by atoms with Crippen LogP contribution in [0.2, 0.25) is 0 Å². The third-order valence-corrected chi connectivity index (χ3v) is 4.65. The first-order valence-corrected chi connectivity index (χ1v) is 8.20. The molecular weight excluding hydrogens is 302 g/mol. The van der Waals surface area contributed by atoms with Crippen LogP contribution in [-0.4, -0.2) is 23.3 Å². The molecule has 0 saturated heterocycles. The zero-order valence-electron chi connectivity index (χ0n) is 13.7. The molecule has 1 aliphatic carbocycles. The highest BCUT2D eigenvalue weighted by atomic mass is 16.3. The van der Waals surface area contributed by atoms with Crippen LogP contribution in [0.25, 0.3) is 0 Å². The summed E-state index contributed by atoms with van der Waals surface area (Å²) in [4.78, 5) is 24.2. The first kappa shape index (κ1) is 16.4. The summed E-state index contributed by atoms with van der Waals surface area (Å²) in [5, 5.41) is 13.8. The van der Waals surface area contributed by atoms with E-state index in [4.69, 9.17) is 0 Å². The number of aliphatic hydroxyl groups is 1. The summed E-state index contributed by atoms with van der Waals surface area (Å²) < 4.78 is 0. The Morgan fingerprint density at radius 3 is 2.50 bits per heavy atom. The zero-order valence-corrected chi connectivity index (χ0v) is 13.7. The first-order chi connectivity index (χ1) is 11.5. The summed E-state index contributed by atoms with van der Waals surface area (Å²) in [6, 6.07) is 14.5. The van der Waals surface area contributed by atoms with Gasteiger partial charge in [0.15, 0.2) is 5.78 Å². The predicted octanol–water partition coefficient (Wildman–Crippen LogP) is 2.84. The van der Waals surface area contributed by atoms with Gasteiger partial charge in [0.05, 0.1) is 12.1 Å². The molecule has 24 heavy (non-hydrogen) atoms. The van der Waals surface area contributed by atoms with Crippen molar-refractivity contribution in [3.63, 3.8) is 0 Å². The SMILES string of the molecule is CC(=O)c1ccccc1C(=O)NCC1(O)CCCc2ccccc21. The Hall–Kier alpha value is -2.46. The molecule has 124 valence electrons. The lowest BCUT2D eigenvalue weighted by molar-refractivity contribution is 0.0189. The number of Topliss-reactive ketones (excluding diaryl/α,β-unsaturated/α-hetero) is 1. The van der Waals surface area contributed by atoms with Crippen molar-refractivity contribution in [3.05, 3.63) is 70.8 Å². The third kappa shape index (κ3) is 3.10. The smallest absolute Gasteiger partial charge is 0.252 e. The van der Waals surface area contributed by atoms with Crippen LogP contribution in [0.1, 0.15) is 51.6 Å². The summed E-state index contributed by atoms with van der Waals surface area (Å²) in [5.41, 5.74) is 1.69. The van der Waals surface area contributed by atoms with Gasteiger partial charge in [-0.15, -0.1) is 0 Å². The van der Waals surface area contributed by atoms with E-state index in [2.05, 4.69) is 5.32 Å². The van der Waals surface area contributed by atoms with Gasteiger partial charge in [0.1, 0.15) is 5.60 Å². The van der Waals surface area contributed by atoms with Gasteiger partial charge in [0, 0.05) is 5.56 Å². The maximum atomic E-state index is 12.5. The van der Waals surface area contributed by atoms with Gasteiger partial charge in [-0.05, 0) is 43.4 Å². The molecule has 0 aliphatic heterocycles. The Morgan fingerprint density at radius 2 is 1.75 bits per heavy atom. The van der Waals surface area contributed by atoms with Crippen molar-refractivity contribution >= 4 is 11.7 Å². The van der Waals surface area contributed by atoms with Gasteiger partial charge in [-0.25, -0.2) is 0 Å². The van der Waals surface area contributed by atoms with Gasteiger partial charge < -0.3 is 10.4 Å². The van der Waals surface area contributed by atoms with E-state index >= 15 is 0 Å². The molecule has 0 fully saturated rings. The van der Waals surface area contributed by atoms with Crippen molar-refractivity contribution in [2.24, 2.45) is 0 Å². The molecule has 0 bridgehead atoms. The van der Waals surface area contributed by atoms with Gasteiger partial charge in [-0.1, -0.05) is 42.5 Å². The molecule has 2 aromatic carbocycles. The van der Waals surface area contributed by atoms with Crippen molar-refractivity contribution < 1.29 is 14.7 Å². The summed E-state index contributed by atoms with van der Waals surface area (Å²) in [6.07, 6.45) is 2.44. The molecule has 2 N–H and O–H groups in total. The highest BCUT2D eigenvalue weighted by Crippen LogP contribution is 2.34. The second-order valence-electron chi connectivity index (χ2n) is 6.33. The van der Waals surface area contributed by atoms with Crippen molar-refractivity contribution in [1.82, 2.24) is 5.32 Å². The van der Waals surface area contributed by atoms with E-state index in [-0.39, 0.29) is 18.2 Å². The summed E-state index contributed by atoms with van der Waals surface area (Å²) in [5.74, 6) is -0.486. The number of hydrogen-bond donors (Lipinski definition) is 2. The second-order valence-corrected chi connectivity index (χ2v) is 6.33. The number of fused-ring (bicyclic) bond motifs is 1. The Kier molecular flexibility index (Phi) is 4.49. The van der Waals surface area contributed by atoms with E-state index in [0.717, 1.165) is 24.0 Å². The molecule has 1 amide bonds. The van der Waals surface area contributed by atoms with Crippen LogP contribution in [0.3, 0.4) is 0 Å². The maximum absolute atomic E-state index is 12.5. The normalized spacial score (nSPS) is 19.4. The lowest BCUT2D eigenvalue weighted by Crippen LogP contribution is -2.43. The molecule has 0 heterocycles. The number of rotatable bonds is 4. The molecule has 1 aliphatic rings. The molecule has 4 heteroatoms. The average Bonchev–Trinajstić information content (AvgIpc) is 2.60. The zero-order chi connectivity index (χ0) is 17.2. The number of carbonyl (C=O) groups excluding carboxylic acids is 2. The Morgan fingerprint density at radius 1 is 1.08 bits per heavy atom. The molecule has 0 saturated carbocycles. The average molecular weight is 323 g/mol. The standard InChI is InChI=1S/C20H21NO3/c1-14(22)16-9-3-4-10-17(16)19(23)21-13-20(24)12-6-8-15-7-2-5-11-18(15)20/h2-5,7,9-11,24H,6,8,12-13H2,1H3,(H,21,23). The fourth-order valence-corrected chi connectivity index (χ4v) is 3.39. The molecule has 1 unspecified atom stereocenters. The van der Waals surface area contributed by atoms with Crippen LogP contribution in [0, 0.1) is 0 Å². The van der Waals surface area contributed by atoms with Crippen LogP contribution >= 0.6 is 0 Å². The Labute approximate surface area is 141 Å². The highest BCUT2D eigenvalue weighted by molar-refractivity contribution is 6.07. The van der Waals surface area contributed by atoms with Crippen molar-refractivity contribution in [2.45, 2.75) is 31.8 Å². The molecule has 3 rings (SSSR count). The minimum absolute atomic E-state index is 0.134. The Balaban J connectivity index is 1.79. The van der Waals surface area contributed by atoms with E-state index in [9.17, 15) is 14.7 Å². The number of carbonyl (C=O) groups is 2. The Bertz CT molecular complexity index is 784. The largest absolute Gasteiger partial charge is 0.383 e. The maximum Gasteiger partial charge on any atom is 0.252 e. The summed E-state index contributed by atoms with van der Waals surface area (Å²) in [6.45, 7) is 1.58. The lowest BCUT2D eigenvalue weighted by Gasteiger charge is -2.34. The van der Waals surface area contributed by atoms with E-state index in [1.54, 1.807) is 24.3 Å². The minimum Gasteiger partial charge on any atom is -0.383 e. The van der Waals surface area contributed by atoms with E-state index < -0.39 is 5.60 Å². The van der Waals surface area contributed by atoms with Gasteiger partial charge in [-0.3, -0.25) is 9.59 Å². The molecular formula is C20H21NO3. The molecule has 1 atom stereocenters. The van der Waals surface area contributed by atoms with Crippen molar-refractivity contribution in [2.75, 3.05) is 6.54 Å².